The minimum absolute atomic E-state index is 0.0263. The van der Waals surface area contributed by atoms with Crippen LogP contribution in [0.1, 0.15) is 45.4 Å². The highest BCUT2D eigenvalue weighted by molar-refractivity contribution is 5.84. The lowest BCUT2D eigenvalue weighted by atomic mass is 9.49. The molecule has 4 bridgehead atoms. The van der Waals surface area contributed by atoms with Gasteiger partial charge in [-0.25, -0.2) is 0 Å². The fraction of sp³-hybridized carbons (Fsp3) is 0.900. The Morgan fingerprint density at radius 1 is 1.12 bits per heavy atom. The monoisotopic (exact) mass is 367 g/mol. The maximum absolute atomic E-state index is 13.6. The second-order valence-electron chi connectivity index (χ2n) is 8.71. The number of methoxy groups -OCH3 is 1. The number of esters is 1. The zero-order valence-corrected chi connectivity index (χ0v) is 16.1. The molecule has 4 rings (SSSR count). The molecule has 1 amide bonds. The summed E-state index contributed by atoms with van der Waals surface area (Å²) < 4.78 is 10.2. The molecule has 0 aliphatic heterocycles. The molecule has 6 nitrogen and oxygen atoms in total. The van der Waals surface area contributed by atoms with Gasteiger partial charge in [-0.1, -0.05) is 6.92 Å². The number of aliphatic hydroxyl groups excluding tert-OH is 1. The highest BCUT2D eigenvalue weighted by Crippen LogP contribution is 2.60. The second kappa shape index (κ2) is 8.26. The Hall–Kier alpha value is -1.14. The molecule has 0 saturated heterocycles. The molecule has 0 aromatic carbocycles. The third-order valence-electron chi connectivity index (χ3n) is 6.62. The van der Waals surface area contributed by atoms with Crippen LogP contribution in [0.15, 0.2) is 0 Å². The normalized spacial score (nSPS) is 33.1. The van der Waals surface area contributed by atoms with Crippen LogP contribution in [-0.2, 0) is 19.1 Å². The fourth-order valence-corrected chi connectivity index (χ4v) is 5.93. The first-order chi connectivity index (χ1) is 12.5. The van der Waals surface area contributed by atoms with E-state index in [-0.39, 0.29) is 36.4 Å². The lowest BCUT2D eigenvalue weighted by Crippen LogP contribution is -2.55. The van der Waals surface area contributed by atoms with Gasteiger partial charge in [0.1, 0.15) is 0 Å². The number of rotatable bonds is 9. The average Bonchev–Trinajstić information content (AvgIpc) is 2.61. The maximum atomic E-state index is 13.6. The molecule has 1 atom stereocenters. The van der Waals surface area contributed by atoms with Gasteiger partial charge in [0, 0.05) is 13.1 Å². The molecule has 0 radical (unpaired) electrons. The average molecular weight is 367 g/mol. The number of hydrogen-bond donors (Lipinski definition) is 1. The third-order valence-corrected chi connectivity index (χ3v) is 6.62. The third kappa shape index (κ3) is 4.06. The van der Waals surface area contributed by atoms with E-state index in [2.05, 4.69) is 0 Å². The van der Waals surface area contributed by atoms with Gasteiger partial charge in [0.05, 0.1) is 38.3 Å². The molecule has 4 aliphatic rings. The Kier molecular flexibility index (Phi) is 6.23. The van der Waals surface area contributed by atoms with E-state index in [9.17, 15) is 9.59 Å². The molecule has 0 spiro atoms. The van der Waals surface area contributed by atoms with Gasteiger partial charge in [-0.05, 0) is 56.3 Å². The van der Waals surface area contributed by atoms with Crippen LogP contribution < -0.4 is 0 Å². The highest BCUT2D eigenvalue weighted by atomic mass is 16.5. The molecule has 26 heavy (non-hydrogen) atoms. The van der Waals surface area contributed by atoms with Gasteiger partial charge in [0.25, 0.3) is 0 Å². The molecule has 6 heteroatoms. The van der Waals surface area contributed by atoms with Gasteiger partial charge in [-0.3, -0.25) is 9.59 Å². The standard InChI is InChI=1S/C20H33NO5/c1-14(18(23)25-2)13-21(3-5-26-6-4-22)19(24)20-10-15-7-16(11-20)9-17(8-15)12-20/h14-17,22H,3-13H2,1-2H3. The maximum Gasteiger partial charge on any atom is 0.310 e. The summed E-state index contributed by atoms with van der Waals surface area (Å²) in [7, 11) is 1.38. The quantitative estimate of drug-likeness (QED) is 0.497. The molecule has 4 saturated carbocycles. The summed E-state index contributed by atoms with van der Waals surface area (Å²) >= 11 is 0. The summed E-state index contributed by atoms with van der Waals surface area (Å²) in [6, 6.07) is 0. The molecule has 4 fully saturated rings. The van der Waals surface area contributed by atoms with Crippen molar-refractivity contribution in [3.63, 3.8) is 0 Å². The van der Waals surface area contributed by atoms with Crippen molar-refractivity contribution in [1.82, 2.24) is 4.90 Å². The molecule has 4 aliphatic carbocycles. The SMILES string of the molecule is COC(=O)C(C)CN(CCOCCO)C(=O)C12CC3CC(CC(C3)C1)C2. The van der Waals surface area contributed by atoms with E-state index in [1.807, 2.05) is 4.90 Å². The molecule has 1 unspecified atom stereocenters. The van der Waals surface area contributed by atoms with E-state index in [1.165, 1.54) is 26.4 Å². The number of hydrogen-bond acceptors (Lipinski definition) is 5. The summed E-state index contributed by atoms with van der Waals surface area (Å²) in [4.78, 5) is 27.3. The summed E-state index contributed by atoms with van der Waals surface area (Å²) in [5, 5.41) is 8.88. The Balaban J connectivity index is 1.70. The second-order valence-corrected chi connectivity index (χ2v) is 8.71. The predicted molar refractivity (Wildman–Crippen MR) is 96.3 cm³/mol. The lowest BCUT2D eigenvalue weighted by molar-refractivity contribution is -0.160. The van der Waals surface area contributed by atoms with Crippen molar-refractivity contribution in [1.29, 1.82) is 0 Å². The number of amides is 1. The number of carbonyl (C=O) groups is 2. The van der Waals surface area contributed by atoms with Crippen LogP contribution in [0.5, 0.6) is 0 Å². The highest BCUT2D eigenvalue weighted by Gasteiger charge is 2.55. The first kappa shape index (κ1) is 19.6. The van der Waals surface area contributed by atoms with Crippen molar-refractivity contribution < 1.29 is 24.2 Å². The van der Waals surface area contributed by atoms with Gasteiger partial charge < -0.3 is 19.5 Å². The van der Waals surface area contributed by atoms with Gasteiger partial charge in [0.2, 0.25) is 5.91 Å². The first-order valence-electron chi connectivity index (χ1n) is 10.0. The number of aliphatic hydroxyl groups is 1. The lowest BCUT2D eigenvalue weighted by Gasteiger charge is -2.56. The van der Waals surface area contributed by atoms with Crippen LogP contribution in [-0.4, -0.2) is 61.9 Å². The van der Waals surface area contributed by atoms with Gasteiger partial charge in [-0.15, -0.1) is 0 Å². The summed E-state index contributed by atoms with van der Waals surface area (Å²) in [5.41, 5.74) is -0.221. The van der Waals surface area contributed by atoms with E-state index in [0.29, 0.717) is 37.5 Å². The Morgan fingerprint density at radius 2 is 1.69 bits per heavy atom. The van der Waals surface area contributed by atoms with E-state index >= 15 is 0 Å². The zero-order chi connectivity index (χ0) is 18.7. The Bertz CT molecular complexity index is 485. The van der Waals surface area contributed by atoms with Crippen molar-refractivity contribution in [2.75, 3.05) is 40.0 Å². The van der Waals surface area contributed by atoms with Crippen molar-refractivity contribution in [2.45, 2.75) is 45.4 Å². The largest absolute Gasteiger partial charge is 0.469 e. The van der Waals surface area contributed by atoms with Crippen LogP contribution in [0.3, 0.4) is 0 Å². The van der Waals surface area contributed by atoms with E-state index in [4.69, 9.17) is 14.6 Å². The fourth-order valence-electron chi connectivity index (χ4n) is 5.93. The molecule has 148 valence electrons. The smallest absolute Gasteiger partial charge is 0.310 e. The van der Waals surface area contributed by atoms with Crippen LogP contribution in [0.2, 0.25) is 0 Å². The topological polar surface area (TPSA) is 76.1 Å². The van der Waals surface area contributed by atoms with E-state index < -0.39 is 0 Å². The number of carbonyl (C=O) groups excluding carboxylic acids is 2. The van der Waals surface area contributed by atoms with Crippen LogP contribution in [0.25, 0.3) is 0 Å². The molecule has 0 heterocycles. The summed E-state index contributed by atoms with van der Waals surface area (Å²) in [5.74, 6) is 1.68. The van der Waals surface area contributed by atoms with Crippen LogP contribution >= 0.6 is 0 Å². The summed E-state index contributed by atoms with van der Waals surface area (Å²) in [6.45, 7) is 3.26. The minimum atomic E-state index is -0.351. The van der Waals surface area contributed by atoms with E-state index in [1.54, 1.807) is 6.92 Å². The van der Waals surface area contributed by atoms with Crippen molar-refractivity contribution in [3.8, 4) is 0 Å². The van der Waals surface area contributed by atoms with Gasteiger partial charge in [-0.2, -0.15) is 0 Å². The van der Waals surface area contributed by atoms with Crippen LogP contribution in [0.4, 0.5) is 0 Å². The van der Waals surface area contributed by atoms with Crippen molar-refractivity contribution in [2.24, 2.45) is 29.1 Å². The van der Waals surface area contributed by atoms with Gasteiger partial charge in [0.15, 0.2) is 0 Å². The molecule has 0 aromatic rings. The molecular weight excluding hydrogens is 334 g/mol. The first-order valence-corrected chi connectivity index (χ1v) is 10.0. The Morgan fingerprint density at radius 3 is 2.19 bits per heavy atom. The van der Waals surface area contributed by atoms with Gasteiger partial charge >= 0.3 is 5.97 Å². The molecule has 1 N–H and O–H groups in total. The predicted octanol–water partition coefficient (Wildman–Crippen LogP) is 1.85. The van der Waals surface area contributed by atoms with Crippen molar-refractivity contribution >= 4 is 11.9 Å². The van der Waals surface area contributed by atoms with E-state index in [0.717, 1.165) is 19.3 Å². The zero-order valence-electron chi connectivity index (χ0n) is 16.1. The van der Waals surface area contributed by atoms with Crippen molar-refractivity contribution in [3.05, 3.63) is 0 Å². The Labute approximate surface area is 156 Å². The summed E-state index contributed by atoms with van der Waals surface area (Å²) in [6.07, 6.45) is 6.93. The minimum Gasteiger partial charge on any atom is -0.469 e. The van der Waals surface area contributed by atoms with Crippen LogP contribution in [0, 0.1) is 29.1 Å². The number of nitrogens with zero attached hydrogens (tertiary/aromatic N) is 1. The number of ether oxygens (including phenoxy) is 2. The molecule has 0 aromatic heterocycles. The molecular formula is C20H33NO5.